The van der Waals surface area contributed by atoms with Crippen molar-refractivity contribution >= 4 is 49.0 Å². The van der Waals surface area contributed by atoms with E-state index in [9.17, 15) is 13.2 Å². The summed E-state index contributed by atoms with van der Waals surface area (Å²) in [6.45, 7) is 0. The molecule has 0 bridgehead atoms. The number of benzene rings is 2. The summed E-state index contributed by atoms with van der Waals surface area (Å²) in [7, 11) is -3.18. The van der Waals surface area contributed by atoms with Gasteiger partial charge in [0.1, 0.15) is 5.84 Å². The van der Waals surface area contributed by atoms with E-state index in [4.69, 9.17) is 22.7 Å². The Morgan fingerprint density at radius 1 is 1.08 bits per heavy atom. The number of hydrogen-bond donors (Lipinski definition) is 2. The van der Waals surface area contributed by atoms with Crippen LogP contribution in [-0.4, -0.2) is 31.6 Å². The molecule has 24 heavy (non-hydrogen) atoms. The van der Waals surface area contributed by atoms with Gasteiger partial charge < -0.3 is 5.73 Å². The lowest BCUT2D eigenvalue weighted by Gasteiger charge is -1.99. The Hall–Kier alpha value is -1.70. The van der Waals surface area contributed by atoms with Crippen LogP contribution in [-0.2, 0) is 9.84 Å². The second-order valence-electron chi connectivity index (χ2n) is 4.77. The van der Waals surface area contributed by atoms with Crippen LogP contribution in [0.4, 0.5) is 0 Å². The van der Waals surface area contributed by atoms with E-state index in [2.05, 4.69) is 15.9 Å². The Balaban J connectivity index is 0.000000254. The zero-order valence-corrected chi connectivity index (χ0v) is 16.0. The van der Waals surface area contributed by atoms with Crippen molar-refractivity contribution in [1.29, 1.82) is 5.41 Å². The monoisotopic (exact) mass is 430 g/mol. The van der Waals surface area contributed by atoms with E-state index in [0.717, 1.165) is 6.26 Å². The van der Waals surface area contributed by atoms with Crippen LogP contribution in [0.25, 0.3) is 0 Å². The quantitative estimate of drug-likeness (QED) is 0.336. The zero-order chi connectivity index (χ0) is 18.3. The minimum atomic E-state index is -3.18. The fourth-order valence-corrected chi connectivity index (χ4v) is 2.67. The molecule has 3 N–H and O–H groups in total. The van der Waals surface area contributed by atoms with Gasteiger partial charge in [0.25, 0.3) is 0 Å². The normalized spacial score (nSPS) is 10.5. The minimum Gasteiger partial charge on any atom is -0.384 e. The third-order valence-corrected chi connectivity index (χ3v) is 4.77. The highest BCUT2D eigenvalue weighted by Gasteiger charge is 2.08. The number of ketones is 1. The van der Waals surface area contributed by atoms with E-state index in [1.165, 1.54) is 24.3 Å². The average molecular weight is 432 g/mol. The standard InChI is InChI=1S/C9H9BrO3S.C7H7ClN2/c1-14(12,13)8-4-2-7(3-5-8)9(11)6-10;8-6-3-1-5(2-4-6)7(9)10/h2-5H,6H2,1H3;1-4H,(H3,9,10). The van der Waals surface area contributed by atoms with Crippen molar-refractivity contribution in [3.8, 4) is 0 Å². The van der Waals surface area contributed by atoms with Gasteiger partial charge in [0.15, 0.2) is 15.6 Å². The number of rotatable bonds is 4. The Bertz CT molecular complexity index is 819. The number of nitrogens with two attached hydrogens (primary N) is 1. The van der Waals surface area contributed by atoms with Gasteiger partial charge in [0.05, 0.1) is 10.2 Å². The molecule has 0 amide bonds. The minimum absolute atomic E-state index is 0.0648. The lowest BCUT2D eigenvalue weighted by Crippen LogP contribution is -2.10. The third kappa shape index (κ3) is 6.43. The van der Waals surface area contributed by atoms with E-state index >= 15 is 0 Å². The molecule has 0 aliphatic heterocycles. The van der Waals surface area contributed by atoms with Crippen LogP contribution in [0, 0.1) is 5.41 Å². The third-order valence-electron chi connectivity index (χ3n) is 2.88. The van der Waals surface area contributed by atoms with Crippen molar-refractivity contribution < 1.29 is 13.2 Å². The van der Waals surface area contributed by atoms with E-state index in [1.807, 2.05) is 0 Å². The first-order valence-electron chi connectivity index (χ1n) is 6.64. The highest BCUT2D eigenvalue weighted by molar-refractivity contribution is 9.09. The molecule has 0 heterocycles. The molecule has 0 saturated heterocycles. The highest BCUT2D eigenvalue weighted by atomic mass is 79.9. The second kappa shape index (κ2) is 8.96. The smallest absolute Gasteiger partial charge is 0.175 e. The molecular formula is C16H16BrClN2O3S. The summed E-state index contributed by atoms with van der Waals surface area (Å²) in [5.74, 6) is 0.00159. The molecule has 2 aromatic rings. The topological polar surface area (TPSA) is 101 Å². The zero-order valence-electron chi connectivity index (χ0n) is 12.8. The van der Waals surface area contributed by atoms with Crippen LogP contribution in [0.15, 0.2) is 53.4 Å². The maximum atomic E-state index is 11.2. The number of nitrogens with one attached hydrogen (secondary N) is 1. The Labute approximate surface area is 154 Å². The van der Waals surface area contributed by atoms with Crippen LogP contribution in [0.2, 0.25) is 5.02 Å². The molecule has 0 aliphatic rings. The number of carbonyl (C=O) groups is 1. The van der Waals surface area contributed by atoms with Crippen LogP contribution < -0.4 is 5.73 Å². The average Bonchev–Trinajstić information content (AvgIpc) is 2.54. The van der Waals surface area contributed by atoms with Crippen molar-refractivity contribution in [2.45, 2.75) is 4.90 Å². The largest absolute Gasteiger partial charge is 0.384 e. The van der Waals surface area contributed by atoms with Crippen LogP contribution >= 0.6 is 27.5 Å². The van der Waals surface area contributed by atoms with Crippen molar-refractivity contribution in [1.82, 2.24) is 0 Å². The number of carbonyl (C=O) groups excluding carboxylic acids is 1. The van der Waals surface area contributed by atoms with Crippen molar-refractivity contribution in [2.24, 2.45) is 5.73 Å². The lowest BCUT2D eigenvalue weighted by atomic mass is 10.2. The molecule has 5 nitrogen and oxygen atoms in total. The molecule has 0 aliphatic carbocycles. The molecular weight excluding hydrogens is 416 g/mol. The van der Waals surface area contributed by atoms with Gasteiger partial charge in [0, 0.05) is 22.4 Å². The molecule has 0 spiro atoms. The Morgan fingerprint density at radius 2 is 1.54 bits per heavy atom. The van der Waals surface area contributed by atoms with Crippen molar-refractivity contribution in [3.63, 3.8) is 0 Å². The Kier molecular flexibility index (Phi) is 7.59. The number of amidine groups is 1. The molecule has 0 radical (unpaired) electrons. The first-order valence-corrected chi connectivity index (χ1v) is 10.0. The molecule has 2 rings (SSSR count). The number of nitrogen functional groups attached to an aromatic ring is 1. The maximum absolute atomic E-state index is 11.2. The van der Waals surface area contributed by atoms with Gasteiger partial charge in [-0.3, -0.25) is 10.2 Å². The predicted octanol–water partition coefficient (Wildman–Crippen LogP) is 3.29. The molecule has 0 fully saturated rings. The predicted molar refractivity (Wildman–Crippen MR) is 100 cm³/mol. The van der Waals surface area contributed by atoms with Crippen LogP contribution in [0.3, 0.4) is 0 Å². The van der Waals surface area contributed by atoms with E-state index in [-0.39, 0.29) is 21.8 Å². The van der Waals surface area contributed by atoms with Gasteiger partial charge in [-0.2, -0.15) is 0 Å². The second-order valence-corrected chi connectivity index (χ2v) is 7.79. The number of hydrogen-bond acceptors (Lipinski definition) is 4. The molecule has 0 atom stereocenters. The molecule has 128 valence electrons. The number of halogens is 2. The summed E-state index contributed by atoms with van der Waals surface area (Å²) in [6.07, 6.45) is 1.13. The summed E-state index contributed by atoms with van der Waals surface area (Å²) < 4.78 is 22.2. The summed E-state index contributed by atoms with van der Waals surface area (Å²) in [5, 5.41) is 7.94. The van der Waals surface area contributed by atoms with E-state index < -0.39 is 9.84 Å². The summed E-state index contributed by atoms with van der Waals surface area (Å²) in [6, 6.07) is 12.7. The van der Waals surface area contributed by atoms with Gasteiger partial charge in [-0.05, 0) is 36.4 Å². The first-order chi connectivity index (χ1) is 11.1. The van der Waals surface area contributed by atoms with Crippen molar-refractivity contribution in [2.75, 3.05) is 11.6 Å². The van der Waals surface area contributed by atoms with Gasteiger partial charge in [-0.15, -0.1) is 0 Å². The molecule has 8 heteroatoms. The van der Waals surface area contributed by atoms with Gasteiger partial charge in [0.2, 0.25) is 0 Å². The fourth-order valence-electron chi connectivity index (χ4n) is 1.59. The molecule has 0 aromatic heterocycles. The Morgan fingerprint density at radius 3 is 1.92 bits per heavy atom. The van der Waals surface area contributed by atoms with E-state index in [1.54, 1.807) is 24.3 Å². The van der Waals surface area contributed by atoms with Crippen LogP contribution in [0.1, 0.15) is 15.9 Å². The SMILES string of the molecule is CS(=O)(=O)c1ccc(C(=O)CBr)cc1.N=C(N)c1ccc(Cl)cc1. The number of alkyl halides is 1. The van der Waals surface area contributed by atoms with Crippen molar-refractivity contribution in [3.05, 3.63) is 64.7 Å². The fraction of sp³-hybridized carbons (Fsp3) is 0.125. The number of sulfone groups is 1. The van der Waals surface area contributed by atoms with Gasteiger partial charge in [-0.1, -0.05) is 39.7 Å². The highest BCUT2D eigenvalue weighted by Crippen LogP contribution is 2.11. The lowest BCUT2D eigenvalue weighted by molar-refractivity contribution is 0.102. The maximum Gasteiger partial charge on any atom is 0.175 e. The summed E-state index contributed by atoms with van der Waals surface area (Å²) >= 11 is 8.65. The molecule has 0 unspecified atom stereocenters. The van der Waals surface area contributed by atoms with Gasteiger partial charge in [-0.25, -0.2) is 8.42 Å². The summed E-state index contributed by atoms with van der Waals surface area (Å²) in [4.78, 5) is 11.4. The molecule has 2 aromatic carbocycles. The van der Waals surface area contributed by atoms with Gasteiger partial charge >= 0.3 is 0 Å². The summed E-state index contributed by atoms with van der Waals surface area (Å²) in [5.41, 5.74) is 6.41. The number of Topliss-reactive ketones (excluding diaryl/α,β-unsaturated/α-hetero) is 1. The first kappa shape index (κ1) is 20.3. The molecule has 0 saturated carbocycles. The van der Waals surface area contributed by atoms with E-state index in [0.29, 0.717) is 16.1 Å². The van der Waals surface area contributed by atoms with Crippen LogP contribution in [0.5, 0.6) is 0 Å².